The van der Waals surface area contributed by atoms with Gasteiger partial charge in [0.25, 0.3) is 0 Å². The number of nitrogens with two attached hydrogens (primary N) is 2. The fraction of sp³-hybridized carbons (Fsp3) is 0.514. The monoisotopic (exact) mass is 665 g/mol. The molecule has 262 valence electrons. The predicted molar refractivity (Wildman–Crippen MR) is 182 cm³/mol. The first-order valence-electron chi connectivity index (χ1n) is 16.6. The van der Waals surface area contributed by atoms with Crippen molar-refractivity contribution in [2.24, 2.45) is 17.4 Å². The van der Waals surface area contributed by atoms with E-state index in [4.69, 9.17) is 16.6 Å². The van der Waals surface area contributed by atoms with Crippen molar-refractivity contribution < 1.29 is 29.1 Å². The molecule has 0 spiro atoms. The first-order valence-corrected chi connectivity index (χ1v) is 16.6. The number of hydrogen-bond acceptors (Lipinski definition) is 8. The molecule has 0 saturated carbocycles. The molecule has 1 aliphatic rings. The van der Waals surface area contributed by atoms with Crippen LogP contribution in [0.4, 0.5) is 0 Å². The molecule has 0 unspecified atom stereocenters. The van der Waals surface area contributed by atoms with E-state index >= 15 is 0 Å². The first-order chi connectivity index (χ1) is 23.0. The van der Waals surface area contributed by atoms with E-state index in [2.05, 4.69) is 16.0 Å². The van der Waals surface area contributed by atoms with Crippen molar-refractivity contribution in [1.29, 1.82) is 0 Å². The second-order valence-corrected chi connectivity index (χ2v) is 12.7. The SMILES string of the molecule is CC(C)C[C@@H](NC(=O)[C@@H](Cc1ccccc1)NC(=O)[C@H](N)Cc1ccccc1)C(=O)N[C@H](CCCN)C(=O)N1CCN(CC(=O)O)CC1. The van der Waals surface area contributed by atoms with Crippen LogP contribution in [0, 0.1) is 5.92 Å². The van der Waals surface area contributed by atoms with E-state index in [1.54, 1.807) is 9.80 Å². The summed E-state index contributed by atoms with van der Waals surface area (Å²) < 4.78 is 0. The maximum absolute atomic E-state index is 13.8. The number of rotatable bonds is 18. The minimum Gasteiger partial charge on any atom is -0.480 e. The number of hydrogen-bond donors (Lipinski definition) is 6. The van der Waals surface area contributed by atoms with E-state index in [0.29, 0.717) is 52.0 Å². The molecule has 48 heavy (non-hydrogen) atoms. The number of carboxylic acid groups (broad SMARTS) is 1. The summed E-state index contributed by atoms with van der Waals surface area (Å²) in [6.45, 7) is 5.55. The number of amides is 4. The van der Waals surface area contributed by atoms with Crippen LogP contribution in [-0.4, -0.2) is 108 Å². The Labute approximate surface area is 282 Å². The minimum absolute atomic E-state index is 0.0167. The van der Waals surface area contributed by atoms with Gasteiger partial charge in [-0.3, -0.25) is 28.9 Å². The number of carbonyl (C=O) groups excluding carboxylic acids is 4. The van der Waals surface area contributed by atoms with Gasteiger partial charge in [-0.05, 0) is 49.3 Å². The third-order valence-electron chi connectivity index (χ3n) is 8.25. The fourth-order valence-corrected chi connectivity index (χ4v) is 5.66. The minimum atomic E-state index is -1.01. The van der Waals surface area contributed by atoms with E-state index in [9.17, 15) is 24.0 Å². The smallest absolute Gasteiger partial charge is 0.317 e. The summed E-state index contributed by atoms with van der Waals surface area (Å²) in [6.07, 6.45) is 1.56. The van der Waals surface area contributed by atoms with Crippen molar-refractivity contribution in [2.75, 3.05) is 39.3 Å². The zero-order valence-electron chi connectivity index (χ0n) is 28.0. The molecule has 1 saturated heterocycles. The standard InChI is InChI=1S/C35H51N7O6/c1-24(2)20-29(33(46)38-28(14-9-15-36)35(48)42-18-16-41(17-19-42)23-31(43)44)40-34(47)30(22-26-12-7-4-8-13-26)39-32(45)27(37)21-25-10-5-3-6-11-25/h3-8,10-13,24,27-30H,9,14-23,36-37H2,1-2H3,(H,38,46)(H,39,45)(H,40,47)(H,43,44)/t27-,28-,29-,30-/m1/s1. The summed E-state index contributed by atoms with van der Waals surface area (Å²) in [4.78, 5) is 68.8. The van der Waals surface area contributed by atoms with E-state index in [1.807, 2.05) is 74.5 Å². The second kappa shape index (κ2) is 19.5. The largest absolute Gasteiger partial charge is 0.480 e. The Bertz CT molecular complexity index is 1340. The molecule has 3 rings (SSSR count). The Morgan fingerprint density at radius 2 is 1.27 bits per heavy atom. The summed E-state index contributed by atoms with van der Waals surface area (Å²) >= 11 is 0. The maximum atomic E-state index is 13.8. The summed E-state index contributed by atoms with van der Waals surface area (Å²) in [5, 5.41) is 17.6. The zero-order valence-corrected chi connectivity index (χ0v) is 28.0. The van der Waals surface area contributed by atoms with Gasteiger partial charge in [0.1, 0.15) is 18.1 Å². The van der Waals surface area contributed by atoms with E-state index in [-0.39, 0.29) is 31.2 Å². The molecule has 1 aliphatic heterocycles. The van der Waals surface area contributed by atoms with Crippen LogP contribution in [0.15, 0.2) is 60.7 Å². The van der Waals surface area contributed by atoms with Gasteiger partial charge in [0, 0.05) is 32.6 Å². The highest BCUT2D eigenvalue weighted by Gasteiger charge is 2.33. The molecule has 0 aromatic heterocycles. The predicted octanol–water partition coefficient (Wildman–Crippen LogP) is 0.267. The normalized spacial score (nSPS) is 16.0. The van der Waals surface area contributed by atoms with Gasteiger partial charge in [0.2, 0.25) is 23.6 Å². The highest BCUT2D eigenvalue weighted by molar-refractivity contribution is 5.95. The topological polar surface area (TPSA) is 200 Å². The van der Waals surface area contributed by atoms with Crippen LogP contribution in [0.25, 0.3) is 0 Å². The van der Waals surface area contributed by atoms with E-state index in [1.165, 1.54) is 0 Å². The van der Waals surface area contributed by atoms with Gasteiger partial charge in [-0.2, -0.15) is 0 Å². The zero-order chi connectivity index (χ0) is 35.1. The molecule has 8 N–H and O–H groups in total. The Kier molecular flexibility index (Phi) is 15.5. The van der Waals surface area contributed by atoms with E-state index in [0.717, 1.165) is 11.1 Å². The molecular formula is C35H51N7O6. The summed E-state index contributed by atoms with van der Waals surface area (Å²) in [5.41, 5.74) is 13.7. The molecule has 0 aliphatic carbocycles. The van der Waals surface area contributed by atoms with Gasteiger partial charge in [-0.1, -0.05) is 74.5 Å². The maximum Gasteiger partial charge on any atom is 0.317 e. The lowest BCUT2D eigenvalue weighted by Crippen LogP contribution is -2.59. The van der Waals surface area contributed by atoms with Gasteiger partial charge in [-0.25, -0.2) is 0 Å². The summed E-state index contributed by atoms with van der Waals surface area (Å²) in [5.74, 6) is -2.73. The third kappa shape index (κ3) is 12.7. The molecule has 2 aromatic carbocycles. The quantitative estimate of drug-likeness (QED) is 0.129. The number of benzene rings is 2. The molecule has 2 aromatic rings. The molecule has 4 atom stereocenters. The van der Waals surface area contributed by atoms with Crippen LogP contribution >= 0.6 is 0 Å². The molecule has 13 nitrogen and oxygen atoms in total. The molecule has 1 fully saturated rings. The number of carboxylic acids is 1. The molecule has 13 heteroatoms. The highest BCUT2D eigenvalue weighted by Crippen LogP contribution is 2.12. The molecular weight excluding hydrogens is 614 g/mol. The third-order valence-corrected chi connectivity index (χ3v) is 8.25. The number of aliphatic carboxylic acids is 1. The van der Waals surface area contributed by atoms with Gasteiger partial charge in [0.15, 0.2) is 0 Å². The van der Waals surface area contributed by atoms with Gasteiger partial charge in [0.05, 0.1) is 12.6 Å². The number of nitrogens with one attached hydrogen (secondary N) is 3. The van der Waals surface area contributed by atoms with Crippen LogP contribution in [-0.2, 0) is 36.8 Å². The first kappa shape index (κ1) is 38.1. The molecule has 0 bridgehead atoms. The number of carbonyl (C=O) groups is 5. The lowest BCUT2D eigenvalue weighted by molar-refractivity contribution is -0.141. The Hall–Kier alpha value is -4.33. The summed E-state index contributed by atoms with van der Waals surface area (Å²) in [6, 6.07) is 14.8. The average Bonchev–Trinajstić information content (AvgIpc) is 3.06. The van der Waals surface area contributed by atoms with Crippen molar-refractivity contribution in [2.45, 2.75) is 70.1 Å². The van der Waals surface area contributed by atoms with Crippen molar-refractivity contribution in [1.82, 2.24) is 25.8 Å². The number of piperazine rings is 1. The average molecular weight is 666 g/mol. The molecule has 4 amide bonds. The van der Waals surface area contributed by atoms with Crippen molar-refractivity contribution in [3.63, 3.8) is 0 Å². The van der Waals surface area contributed by atoms with Crippen molar-refractivity contribution in [3.8, 4) is 0 Å². The lowest BCUT2D eigenvalue weighted by Gasteiger charge is -2.36. The van der Waals surface area contributed by atoms with Crippen LogP contribution in [0.2, 0.25) is 0 Å². The Morgan fingerprint density at radius 1 is 0.750 bits per heavy atom. The lowest BCUT2D eigenvalue weighted by atomic mass is 9.99. The fourth-order valence-electron chi connectivity index (χ4n) is 5.66. The Balaban J connectivity index is 1.73. The Morgan fingerprint density at radius 3 is 1.81 bits per heavy atom. The van der Waals surface area contributed by atoms with Crippen LogP contribution in [0.5, 0.6) is 0 Å². The van der Waals surface area contributed by atoms with Crippen LogP contribution in [0.1, 0.15) is 44.2 Å². The van der Waals surface area contributed by atoms with Gasteiger partial charge < -0.3 is 37.4 Å². The van der Waals surface area contributed by atoms with Crippen LogP contribution in [0.3, 0.4) is 0 Å². The second-order valence-electron chi connectivity index (χ2n) is 12.7. The molecule has 1 heterocycles. The van der Waals surface area contributed by atoms with E-state index < -0.39 is 47.9 Å². The number of nitrogens with zero attached hydrogens (tertiary/aromatic N) is 2. The molecule has 0 radical (unpaired) electrons. The van der Waals surface area contributed by atoms with Crippen molar-refractivity contribution in [3.05, 3.63) is 71.8 Å². The van der Waals surface area contributed by atoms with Crippen LogP contribution < -0.4 is 27.4 Å². The highest BCUT2D eigenvalue weighted by atomic mass is 16.4. The summed E-state index contributed by atoms with van der Waals surface area (Å²) in [7, 11) is 0. The van der Waals surface area contributed by atoms with Gasteiger partial charge >= 0.3 is 5.97 Å². The van der Waals surface area contributed by atoms with Gasteiger partial charge in [-0.15, -0.1) is 0 Å². The van der Waals surface area contributed by atoms with Crippen molar-refractivity contribution >= 4 is 29.6 Å².